The molecule has 0 aromatic heterocycles. The van der Waals surface area contributed by atoms with E-state index in [2.05, 4.69) is 43.4 Å². The second kappa shape index (κ2) is 6.49. The van der Waals surface area contributed by atoms with Crippen molar-refractivity contribution in [2.24, 2.45) is 0 Å². The van der Waals surface area contributed by atoms with Gasteiger partial charge in [-0.25, -0.2) is 0 Å². The van der Waals surface area contributed by atoms with Gasteiger partial charge in [0.15, 0.2) is 0 Å². The lowest BCUT2D eigenvalue weighted by atomic mass is 10.1. The highest BCUT2D eigenvalue weighted by molar-refractivity contribution is 6.35. The van der Waals surface area contributed by atoms with E-state index in [0.29, 0.717) is 17.1 Å². The number of hydrogen-bond donors (Lipinski definition) is 2. The Bertz CT molecular complexity index is 596. The molecule has 0 heterocycles. The Labute approximate surface area is 129 Å². The zero-order valence-corrected chi connectivity index (χ0v) is 13.0. The standard InChI is InChI=1S/C16H17Cl2NO/c1-10-3-5-12(6-4-10)11(2)19-9-13-7-14(17)8-15(18)16(13)20/h3-8,11,19-20H,9H2,1-2H3/t11-/m0/s1. The zero-order chi connectivity index (χ0) is 14.7. The van der Waals surface area contributed by atoms with Gasteiger partial charge in [0.05, 0.1) is 5.02 Å². The summed E-state index contributed by atoms with van der Waals surface area (Å²) in [7, 11) is 0. The molecular weight excluding hydrogens is 293 g/mol. The molecule has 0 bridgehead atoms. The highest BCUT2D eigenvalue weighted by Gasteiger charge is 2.10. The first-order chi connectivity index (χ1) is 9.47. The highest BCUT2D eigenvalue weighted by atomic mass is 35.5. The lowest BCUT2D eigenvalue weighted by Gasteiger charge is -2.15. The minimum absolute atomic E-state index is 0.0830. The van der Waals surface area contributed by atoms with Crippen molar-refractivity contribution in [2.45, 2.75) is 26.4 Å². The van der Waals surface area contributed by atoms with Crippen LogP contribution in [0.15, 0.2) is 36.4 Å². The predicted octanol–water partition coefficient (Wildman–Crippen LogP) is 4.86. The minimum Gasteiger partial charge on any atom is -0.506 e. The van der Waals surface area contributed by atoms with Crippen LogP contribution in [0, 0.1) is 6.92 Å². The van der Waals surface area contributed by atoms with E-state index in [1.54, 1.807) is 6.07 Å². The summed E-state index contributed by atoms with van der Waals surface area (Å²) in [6.07, 6.45) is 0. The van der Waals surface area contributed by atoms with Gasteiger partial charge in [0.2, 0.25) is 0 Å². The molecule has 2 rings (SSSR count). The Kier molecular flexibility index (Phi) is 4.92. The summed E-state index contributed by atoms with van der Waals surface area (Å²) in [5, 5.41) is 14.1. The lowest BCUT2D eigenvalue weighted by molar-refractivity contribution is 0.460. The molecule has 2 aromatic carbocycles. The zero-order valence-electron chi connectivity index (χ0n) is 11.5. The predicted molar refractivity (Wildman–Crippen MR) is 84.6 cm³/mol. The molecule has 0 amide bonds. The van der Waals surface area contributed by atoms with Crippen LogP contribution >= 0.6 is 23.2 Å². The molecule has 2 N–H and O–H groups in total. The molecule has 0 radical (unpaired) electrons. The molecule has 4 heteroatoms. The Hall–Kier alpha value is -1.22. The van der Waals surface area contributed by atoms with E-state index in [1.807, 2.05) is 0 Å². The summed E-state index contributed by atoms with van der Waals surface area (Å²) in [5.74, 6) is 0.0830. The molecule has 106 valence electrons. The van der Waals surface area contributed by atoms with E-state index < -0.39 is 0 Å². The second-order valence-corrected chi connectivity index (χ2v) is 5.75. The van der Waals surface area contributed by atoms with Gasteiger partial charge < -0.3 is 10.4 Å². The number of benzene rings is 2. The van der Waals surface area contributed by atoms with E-state index in [9.17, 15) is 5.11 Å². The van der Waals surface area contributed by atoms with Crippen LogP contribution in [-0.4, -0.2) is 5.11 Å². The van der Waals surface area contributed by atoms with Crippen LogP contribution in [0.3, 0.4) is 0 Å². The van der Waals surface area contributed by atoms with Gasteiger partial charge in [-0.1, -0.05) is 53.0 Å². The summed E-state index contributed by atoms with van der Waals surface area (Å²) in [6, 6.07) is 11.8. The molecule has 0 unspecified atom stereocenters. The molecule has 1 atom stereocenters. The van der Waals surface area contributed by atoms with Gasteiger partial charge in [0, 0.05) is 23.2 Å². The van der Waals surface area contributed by atoms with Gasteiger partial charge in [-0.3, -0.25) is 0 Å². The topological polar surface area (TPSA) is 32.3 Å². The van der Waals surface area contributed by atoms with E-state index in [1.165, 1.54) is 17.2 Å². The Morgan fingerprint density at radius 3 is 2.45 bits per heavy atom. The third kappa shape index (κ3) is 3.66. The first-order valence-corrected chi connectivity index (χ1v) is 7.20. The second-order valence-electron chi connectivity index (χ2n) is 4.91. The average molecular weight is 310 g/mol. The summed E-state index contributed by atoms with van der Waals surface area (Å²) in [5.41, 5.74) is 3.13. The molecule has 0 aliphatic carbocycles. The maximum absolute atomic E-state index is 9.91. The molecule has 0 saturated heterocycles. The molecule has 0 saturated carbocycles. The SMILES string of the molecule is Cc1ccc([C@H](C)NCc2cc(Cl)cc(Cl)c2O)cc1. The lowest BCUT2D eigenvalue weighted by Crippen LogP contribution is -2.18. The number of hydrogen-bond acceptors (Lipinski definition) is 2. The van der Waals surface area contributed by atoms with Gasteiger partial charge in [-0.2, -0.15) is 0 Å². The molecule has 0 aliphatic rings. The number of phenolic OH excluding ortho intramolecular Hbond substituents is 1. The van der Waals surface area contributed by atoms with E-state index in [0.717, 1.165) is 0 Å². The Morgan fingerprint density at radius 1 is 1.15 bits per heavy atom. The van der Waals surface area contributed by atoms with Gasteiger partial charge in [-0.05, 0) is 31.5 Å². The summed E-state index contributed by atoms with van der Waals surface area (Å²) in [4.78, 5) is 0. The molecule has 0 aliphatic heterocycles. The number of nitrogens with one attached hydrogen (secondary N) is 1. The van der Waals surface area contributed by atoms with Crippen LogP contribution in [0.2, 0.25) is 10.0 Å². The number of aromatic hydroxyl groups is 1. The smallest absolute Gasteiger partial charge is 0.138 e. The van der Waals surface area contributed by atoms with Crippen molar-refractivity contribution in [3.63, 3.8) is 0 Å². The number of rotatable bonds is 4. The van der Waals surface area contributed by atoms with Crippen LogP contribution in [-0.2, 0) is 6.54 Å². The molecular formula is C16H17Cl2NO. The fourth-order valence-electron chi connectivity index (χ4n) is 1.99. The van der Waals surface area contributed by atoms with Crippen LogP contribution in [0.4, 0.5) is 0 Å². The van der Waals surface area contributed by atoms with Gasteiger partial charge >= 0.3 is 0 Å². The van der Waals surface area contributed by atoms with Gasteiger partial charge in [0.25, 0.3) is 0 Å². The van der Waals surface area contributed by atoms with E-state index >= 15 is 0 Å². The maximum Gasteiger partial charge on any atom is 0.138 e. The molecule has 20 heavy (non-hydrogen) atoms. The third-order valence-corrected chi connectivity index (χ3v) is 3.79. The average Bonchev–Trinajstić information content (AvgIpc) is 2.41. The molecule has 0 spiro atoms. The normalized spacial score (nSPS) is 12.4. The van der Waals surface area contributed by atoms with Crippen molar-refractivity contribution < 1.29 is 5.11 Å². The van der Waals surface area contributed by atoms with Crippen molar-refractivity contribution >= 4 is 23.2 Å². The van der Waals surface area contributed by atoms with Crippen LogP contribution in [0.25, 0.3) is 0 Å². The summed E-state index contributed by atoms with van der Waals surface area (Å²) < 4.78 is 0. The van der Waals surface area contributed by atoms with Gasteiger partial charge in [-0.15, -0.1) is 0 Å². The van der Waals surface area contributed by atoms with E-state index in [-0.39, 0.29) is 16.8 Å². The Morgan fingerprint density at radius 2 is 1.80 bits per heavy atom. The van der Waals surface area contributed by atoms with Crippen molar-refractivity contribution in [2.75, 3.05) is 0 Å². The molecule has 2 aromatic rings. The van der Waals surface area contributed by atoms with Crippen molar-refractivity contribution in [1.29, 1.82) is 0 Å². The van der Waals surface area contributed by atoms with Crippen molar-refractivity contribution in [3.05, 3.63) is 63.1 Å². The third-order valence-electron chi connectivity index (χ3n) is 3.28. The van der Waals surface area contributed by atoms with Gasteiger partial charge in [0.1, 0.15) is 5.75 Å². The fourth-order valence-corrected chi connectivity index (χ4v) is 2.53. The maximum atomic E-state index is 9.91. The fraction of sp³-hybridized carbons (Fsp3) is 0.250. The number of aryl methyl sites for hydroxylation is 1. The van der Waals surface area contributed by atoms with Crippen LogP contribution < -0.4 is 5.32 Å². The highest BCUT2D eigenvalue weighted by Crippen LogP contribution is 2.31. The molecule has 0 fully saturated rings. The first kappa shape index (κ1) is 15.2. The van der Waals surface area contributed by atoms with Crippen molar-refractivity contribution in [3.8, 4) is 5.75 Å². The molecule has 2 nitrogen and oxygen atoms in total. The first-order valence-electron chi connectivity index (χ1n) is 6.44. The Balaban J connectivity index is 2.07. The van der Waals surface area contributed by atoms with Crippen molar-refractivity contribution in [1.82, 2.24) is 5.32 Å². The largest absolute Gasteiger partial charge is 0.506 e. The van der Waals surface area contributed by atoms with Crippen LogP contribution in [0.5, 0.6) is 5.75 Å². The van der Waals surface area contributed by atoms with Crippen LogP contribution in [0.1, 0.15) is 29.7 Å². The summed E-state index contributed by atoms with van der Waals surface area (Å²) >= 11 is 11.9. The number of phenols is 1. The quantitative estimate of drug-likeness (QED) is 0.845. The van der Waals surface area contributed by atoms with E-state index in [4.69, 9.17) is 23.2 Å². The number of halogens is 2. The minimum atomic E-state index is 0.0830. The monoisotopic (exact) mass is 309 g/mol. The summed E-state index contributed by atoms with van der Waals surface area (Å²) in [6.45, 7) is 4.64.